The van der Waals surface area contributed by atoms with Crippen LogP contribution in [0.1, 0.15) is 43.7 Å². The van der Waals surface area contributed by atoms with E-state index in [0.717, 1.165) is 30.9 Å². The van der Waals surface area contributed by atoms with Crippen LogP contribution in [0.3, 0.4) is 0 Å². The summed E-state index contributed by atoms with van der Waals surface area (Å²) in [6.45, 7) is 2.72. The maximum atomic E-state index is 12.8. The zero-order valence-electron chi connectivity index (χ0n) is 12.5. The highest BCUT2D eigenvalue weighted by Crippen LogP contribution is 2.36. The molecule has 0 saturated heterocycles. The predicted octanol–water partition coefficient (Wildman–Crippen LogP) is 4.42. The fourth-order valence-electron chi connectivity index (χ4n) is 3.01. The molecule has 1 saturated carbocycles. The third-order valence-corrected chi connectivity index (χ3v) is 4.41. The Labute approximate surface area is 123 Å². The van der Waals surface area contributed by atoms with Crippen LogP contribution in [0.2, 0.25) is 0 Å². The average Bonchev–Trinajstić information content (AvgIpc) is 2.40. The lowest BCUT2D eigenvalue weighted by Gasteiger charge is -2.33. The first-order valence-corrected chi connectivity index (χ1v) is 7.36. The van der Waals surface area contributed by atoms with E-state index in [0.29, 0.717) is 18.2 Å². The summed E-state index contributed by atoms with van der Waals surface area (Å²) in [5.74, 6) is 0.0422. The highest BCUT2D eigenvalue weighted by Gasteiger charge is 2.34. The van der Waals surface area contributed by atoms with Gasteiger partial charge in [-0.3, -0.25) is 4.90 Å². The zero-order chi connectivity index (χ0) is 15.6. The number of hydrogen-bond acceptors (Lipinski definition) is 2. The highest BCUT2D eigenvalue weighted by atomic mass is 19.4. The Balaban J connectivity index is 2.06. The third kappa shape index (κ3) is 4.13. The van der Waals surface area contributed by atoms with Gasteiger partial charge in [-0.05, 0) is 56.3 Å². The Kier molecular flexibility index (Phi) is 4.81. The molecule has 0 aliphatic heterocycles. The maximum absolute atomic E-state index is 12.8. The molecule has 5 heteroatoms. The van der Waals surface area contributed by atoms with E-state index < -0.39 is 17.5 Å². The van der Waals surface area contributed by atoms with Gasteiger partial charge >= 0.3 is 6.18 Å². The van der Waals surface area contributed by atoms with Crippen molar-refractivity contribution in [2.45, 2.75) is 51.4 Å². The average molecular weight is 301 g/mol. The Morgan fingerprint density at radius 2 is 1.81 bits per heavy atom. The van der Waals surface area contributed by atoms with Gasteiger partial charge in [-0.25, -0.2) is 0 Å². The second-order valence-electron chi connectivity index (χ2n) is 6.18. The van der Waals surface area contributed by atoms with Crippen LogP contribution in [-0.2, 0) is 12.7 Å². The van der Waals surface area contributed by atoms with Crippen molar-refractivity contribution in [3.63, 3.8) is 0 Å². The molecule has 0 radical (unpaired) electrons. The van der Waals surface area contributed by atoms with E-state index in [1.165, 1.54) is 12.8 Å². The molecule has 21 heavy (non-hydrogen) atoms. The van der Waals surface area contributed by atoms with Crippen LogP contribution in [0.5, 0.6) is 5.75 Å². The van der Waals surface area contributed by atoms with E-state index in [1.54, 1.807) is 6.07 Å². The number of halogens is 3. The Morgan fingerprint density at radius 3 is 2.38 bits per heavy atom. The summed E-state index contributed by atoms with van der Waals surface area (Å²) >= 11 is 0. The van der Waals surface area contributed by atoms with Crippen molar-refractivity contribution in [1.29, 1.82) is 0 Å². The molecule has 0 amide bonds. The summed E-state index contributed by atoms with van der Waals surface area (Å²) in [6.07, 6.45) is 0.0411. The second kappa shape index (κ2) is 6.26. The van der Waals surface area contributed by atoms with Crippen molar-refractivity contribution in [2.75, 3.05) is 7.05 Å². The molecule has 0 bridgehead atoms. The quantitative estimate of drug-likeness (QED) is 0.893. The van der Waals surface area contributed by atoms with Crippen LogP contribution in [0.25, 0.3) is 0 Å². The van der Waals surface area contributed by atoms with Crippen molar-refractivity contribution >= 4 is 0 Å². The lowest BCUT2D eigenvalue weighted by molar-refractivity contribution is -0.138. The molecule has 0 aromatic heterocycles. The summed E-state index contributed by atoms with van der Waals surface area (Å²) in [5, 5.41) is 9.35. The van der Waals surface area contributed by atoms with Crippen LogP contribution >= 0.6 is 0 Å². The van der Waals surface area contributed by atoms with Gasteiger partial charge in [-0.1, -0.05) is 13.0 Å². The van der Waals surface area contributed by atoms with Crippen LogP contribution in [0, 0.1) is 5.92 Å². The van der Waals surface area contributed by atoms with Gasteiger partial charge in [0, 0.05) is 12.6 Å². The molecule has 0 unspecified atom stereocenters. The first-order chi connectivity index (χ1) is 9.77. The molecule has 1 fully saturated rings. The summed E-state index contributed by atoms with van der Waals surface area (Å²) in [7, 11) is 1.96. The van der Waals surface area contributed by atoms with Gasteiger partial charge in [-0.15, -0.1) is 0 Å². The molecule has 0 heterocycles. The van der Waals surface area contributed by atoms with E-state index in [2.05, 4.69) is 11.8 Å². The SMILES string of the molecule is CC1CCC(N(C)Cc2ccc(O)c(C(F)(F)F)c2)CC1. The maximum Gasteiger partial charge on any atom is 0.419 e. The summed E-state index contributed by atoms with van der Waals surface area (Å²) in [5.41, 5.74) is -0.369. The van der Waals surface area contributed by atoms with Gasteiger partial charge in [-0.2, -0.15) is 13.2 Å². The number of nitrogens with zero attached hydrogens (tertiary/aromatic N) is 1. The number of hydrogen-bond donors (Lipinski definition) is 1. The smallest absolute Gasteiger partial charge is 0.419 e. The minimum Gasteiger partial charge on any atom is -0.507 e. The van der Waals surface area contributed by atoms with Gasteiger partial charge in [0.25, 0.3) is 0 Å². The van der Waals surface area contributed by atoms with Gasteiger partial charge < -0.3 is 5.11 Å². The largest absolute Gasteiger partial charge is 0.507 e. The molecular formula is C16H22F3NO. The first-order valence-electron chi connectivity index (χ1n) is 7.36. The molecule has 1 aromatic rings. The minimum atomic E-state index is -4.51. The first kappa shape index (κ1) is 16.1. The van der Waals surface area contributed by atoms with E-state index >= 15 is 0 Å². The van der Waals surface area contributed by atoms with Crippen molar-refractivity contribution in [3.05, 3.63) is 29.3 Å². The van der Waals surface area contributed by atoms with Crippen LogP contribution in [0.15, 0.2) is 18.2 Å². The number of phenols is 1. The number of rotatable bonds is 3. The second-order valence-corrected chi connectivity index (χ2v) is 6.18. The summed E-state index contributed by atoms with van der Waals surface area (Å²) < 4.78 is 38.4. The third-order valence-electron chi connectivity index (χ3n) is 4.41. The monoisotopic (exact) mass is 301 g/mol. The van der Waals surface area contributed by atoms with Crippen molar-refractivity contribution in [1.82, 2.24) is 4.90 Å². The molecule has 1 aliphatic rings. The van der Waals surface area contributed by atoms with E-state index in [1.807, 2.05) is 7.05 Å². The molecule has 2 rings (SSSR count). The van der Waals surface area contributed by atoms with Crippen LogP contribution < -0.4 is 0 Å². The normalized spacial score (nSPS) is 23.5. The topological polar surface area (TPSA) is 23.5 Å². The van der Waals surface area contributed by atoms with Gasteiger partial charge in [0.05, 0.1) is 5.56 Å². The van der Waals surface area contributed by atoms with E-state index in [-0.39, 0.29) is 0 Å². The molecule has 1 aromatic carbocycles. The minimum absolute atomic E-state index is 0.435. The van der Waals surface area contributed by atoms with E-state index in [4.69, 9.17) is 0 Å². The van der Waals surface area contributed by atoms with Crippen LogP contribution in [0.4, 0.5) is 13.2 Å². The summed E-state index contributed by atoms with van der Waals surface area (Å²) in [6, 6.07) is 4.18. The molecule has 118 valence electrons. The molecule has 2 nitrogen and oxygen atoms in total. The lowest BCUT2D eigenvalue weighted by atomic mass is 9.86. The highest BCUT2D eigenvalue weighted by molar-refractivity contribution is 5.38. The van der Waals surface area contributed by atoms with Crippen molar-refractivity contribution in [3.8, 4) is 5.75 Å². The van der Waals surface area contributed by atoms with Gasteiger partial charge in [0.15, 0.2) is 0 Å². The predicted molar refractivity (Wildman–Crippen MR) is 76.0 cm³/mol. The number of aromatic hydroxyl groups is 1. The Hall–Kier alpha value is -1.23. The number of phenolic OH excluding ortho intramolecular Hbond substituents is 1. The summed E-state index contributed by atoms with van der Waals surface area (Å²) in [4.78, 5) is 2.12. The lowest BCUT2D eigenvalue weighted by Crippen LogP contribution is -2.34. The van der Waals surface area contributed by atoms with Crippen molar-refractivity contribution < 1.29 is 18.3 Å². The standard InChI is InChI=1S/C16H22F3NO/c1-11-3-6-13(7-4-11)20(2)10-12-5-8-15(21)14(9-12)16(17,18)19/h5,8-9,11,13,21H,3-4,6-7,10H2,1-2H3. The molecule has 1 aliphatic carbocycles. The van der Waals surface area contributed by atoms with Crippen molar-refractivity contribution in [2.24, 2.45) is 5.92 Å². The van der Waals surface area contributed by atoms with Gasteiger partial charge in [0.1, 0.15) is 5.75 Å². The fourth-order valence-corrected chi connectivity index (χ4v) is 3.01. The van der Waals surface area contributed by atoms with Crippen LogP contribution in [-0.4, -0.2) is 23.1 Å². The molecule has 1 N–H and O–H groups in total. The Morgan fingerprint density at radius 1 is 1.19 bits per heavy atom. The molecule has 0 atom stereocenters. The molecular weight excluding hydrogens is 279 g/mol. The van der Waals surface area contributed by atoms with Gasteiger partial charge in [0.2, 0.25) is 0 Å². The molecule has 0 spiro atoms. The number of alkyl halides is 3. The fraction of sp³-hybridized carbons (Fsp3) is 0.625. The zero-order valence-corrected chi connectivity index (χ0v) is 12.5. The van der Waals surface area contributed by atoms with E-state index in [9.17, 15) is 18.3 Å². The Bertz CT molecular complexity index is 479. The number of benzene rings is 1.